The van der Waals surface area contributed by atoms with Gasteiger partial charge in [0.05, 0.1) is 12.3 Å². The maximum atomic E-state index is 5.86. The molecule has 1 aromatic carbocycles. The number of rotatable bonds is 5. The van der Waals surface area contributed by atoms with E-state index in [-0.39, 0.29) is 10.2 Å². The Hall–Kier alpha value is -0.520. The van der Waals surface area contributed by atoms with E-state index in [9.17, 15) is 0 Å². The number of anilines is 1. The van der Waals surface area contributed by atoms with Crippen LogP contribution in [0.4, 0.5) is 5.69 Å². The molecule has 1 heterocycles. The van der Waals surface area contributed by atoms with Crippen LogP contribution in [0.25, 0.3) is 0 Å². The zero-order chi connectivity index (χ0) is 14.8. The van der Waals surface area contributed by atoms with E-state index in [1.54, 1.807) is 0 Å². The average molecular weight is 313 g/mol. The molecule has 20 heavy (non-hydrogen) atoms. The van der Waals surface area contributed by atoms with Crippen molar-refractivity contribution in [2.24, 2.45) is 5.14 Å². The van der Waals surface area contributed by atoms with Gasteiger partial charge in [-0.2, -0.15) is 0 Å². The van der Waals surface area contributed by atoms with Crippen LogP contribution in [0, 0.1) is 0 Å². The number of ether oxygens (including phenoxy) is 1. The Kier molecular flexibility index (Phi) is 5.15. The number of nitrogens with zero attached hydrogens (tertiary/aromatic N) is 1. The van der Waals surface area contributed by atoms with E-state index in [1.807, 2.05) is 11.8 Å². The van der Waals surface area contributed by atoms with Crippen LogP contribution in [0.1, 0.15) is 40.5 Å². The molecule has 0 spiro atoms. The van der Waals surface area contributed by atoms with E-state index in [4.69, 9.17) is 9.88 Å². The van der Waals surface area contributed by atoms with Crippen molar-refractivity contribution < 1.29 is 4.74 Å². The number of benzene rings is 1. The molecule has 0 aromatic heterocycles. The van der Waals surface area contributed by atoms with Crippen LogP contribution in [0.5, 0.6) is 5.75 Å². The lowest BCUT2D eigenvalue weighted by atomic mass is 10.1. The summed E-state index contributed by atoms with van der Waals surface area (Å²) in [4.78, 5) is 3.64. The Morgan fingerprint density at radius 3 is 2.75 bits per heavy atom. The Labute approximate surface area is 130 Å². The standard InChI is InChI=1S/C15H24N2OS2/c1-5-6-9-18-11-7-8-12-13(10-11)19-14(20-16)17(12)15(2,3)4/h7-8,10,14H,5-6,9,16H2,1-4H3. The fourth-order valence-corrected chi connectivity index (χ4v) is 4.56. The van der Waals surface area contributed by atoms with Gasteiger partial charge in [0.1, 0.15) is 10.5 Å². The summed E-state index contributed by atoms with van der Waals surface area (Å²) < 4.78 is 6.02. The van der Waals surface area contributed by atoms with Crippen LogP contribution < -0.4 is 14.8 Å². The van der Waals surface area contributed by atoms with E-state index in [1.165, 1.54) is 22.5 Å². The maximum absolute atomic E-state index is 5.86. The van der Waals surface area contributed by atoms with Gasteiger partial charge in [-0.25, -0.2) is 0 Å². The minimum Gasteiger partial charge on any atom is -0.494 e. The highest BCUT2D eigenvalue weighted by Gasteiger charge is 2.37. The van der Waals surface area contributed by atoms with Crippen molar-refractivity contribution in [1.29, 1.82) is 0 Å². The Bertz CT molecular complexity index is 460. The molecular weight excluding hydrogens is 288 g/mol. The second-order valence-electron chi connectivity index (χ2n) is 5.93. The minimum absolute atomic E-state index is 0.0554. The lowest BCUT2D eigenvalue weighted by Gasteiger charge is -2.37. The van der Waals surface area contributed by atoms with Gasteiger partial charge in [0, 0.05) is 10.4 Å². The van der Waals surface area contributed by atoms with E-state index in [0.717, 1.165) is 25.2 Å². The van der Waals surface area contributed by atoms with Crippen molar-refractivity contribution in [2.45, 2.75) is 55.7 Å². The first-order chi connectivity index (χ1) is 9.47. The third-order valence-corrected chi connectivity index (χ3v) is 5.29. The molecule has 2 N–H and O–H groups in total. The lowest BCUT2D eigenvalue weighted by molar-refractivity contribution is 0.308. The SMILES string of the molecule is CCCCOc1ccc2c(c1)SC(SN)N2C(C)(C)C. The molecule has 1 atom stereocenters. The van der Waals surface area contributed by atoms with Gasteiger partial charge in [-0.15, -0.1) is 0 Å². The average Bonchev–Trinajstić information content (AvgIpc) is 2.76. The van der Waals surface area contributed by atoms with E-state index >= 15 is 0 Å². The Morgan fingerprint density at radius 1 is 1.40 bits per heavy atom. The number of unbranched alkanes of at least 4 members (excludes halogenated alkanes) is 1. The fourth-order valence-electron chi connectivity index (χ4n) is 2.25. The molecule has 0 saturated carbocycles. The van der Waals surface area contributed by atoms with Crippen LogP contribution in [-0.4, -0.2) is 16.9 Å². The topological polar surface area (TPSA) is 38.5 Å². The van der Waals surface area contributed by atoms with E-state index < -0.39 is 0 Å². The number of fused-ring (bicyclic) bond motifs is 1. The predicted molar refractivity (Wildman–Crippen MR) is 90.5 cm³/mol. The summed E-state index contributed by atoms with van der Waals surface area (Å²) in [5.41, 5.74) is 1.31. The van der Waals surface area contributed by atoms with Gasteiger partial charge in [-0.1, -0.05) is 25.1 Å². The molecule has 0 bridgehead atoms. The van der Waals surface area contributed by atoms with Gasteiger partial charge in [0.15, 0.2) is 0 Å². The molecule has 2 rings (SSSR count). The first-order valence-corrected chi connectivity index (χ1v) is 8.88. The van der Waals surface area contributed by atoms with Crippen LogP contribution in [0.3, 0.4) is 0 Å². The molecule has 5 heteroatoms. The third kappa shape index (κ3) is 3.38. The van der Waals surface area contributed by atoms with Crippen molar-refractivity contribution in [3.63, 3.8) is 0 Å². The van der Waals surface area contributed by atoms with Crippen LogP contribution in [0.2, 0.25) is 0 Å². The molecule has 0 fully saturated rings. The third-order valence-electron chi connectivity index (χ3n) is 3.24. The first-order valence-electron chi connectivity index (χ1n) is 7.05. The zero-order valence-electron chi connectivity index (χ0n) is 12.7. The molecule has 1 aliphatic rings. The molecule has 1 aliphatic heterocycles. The van der Waals surface area contributed by atoms with Gasteiger partial charge >= 0.3 is 0 Å². The first kappa shape index (κ1) is 15.9. The van der Waals surface area contributed by atoms with Crippen molar-refractivity contribution in [1.82, 2.24) is 0 Å². The van der Waals surface area contributed by atoms with Gasteiger partial charge in [-0.3, -0.25) is 5.14 Å². The Balaban J connectivity index is 2.20. The van der Waals surface area contributed by atoms with Crippen molar-refractivity contribution in [2.75, 3.05) is 11.5 Å². The van der Waals surface area contributed by atoms with Crippen molar-refractivity contribution >= 4 is 29.4 Å². The molecule has 1 unspecified atom stereocenters. The minimum atomic E-state index is 0.0554. The van der Waals surface area contributed by atoms with Crippen molar-refractivity contribution in [3.8, 4) is 5.75 Å². The molecule has 3 nitrogen and oxygen atoms in total. The number of nitrogens with two attached hydrogens (primary N) is 1. The molecule has 0 saturated heterocycles. The molecule has 0 aliphatic carbocycles. The Morgan fingerprint density at radius 2 is 2.15 bits per heavy atom. The van der Waals surface area contributed by atoms with Crippen molar-refractivity contribution in [3.05, 3.63) is 18.2 Å². The second kappa shape index (κ2) is 6.50. The monoisotopic (exact) mass is 312 g/mol. The highest BCUT2D eigenvalue weighted by atomic mass is 32.2. The summed E-state index contributed by atoms with van der Waals surface area (Å²) >= 11 is 3.21. The molecule has 1 aromatic rings. The van der Waals surface area contributed by atoms with E-state index in [0.29, 0.717) is 0 Å². The zero-order valence-corrected chi connectivity index (χ0v) is 14.3. The summed E-state index contributed by atoms with van der Waals surface area (Å²) in [7, 11) is 0. The quantitative estimate of drug-likeness (QED) is 0.641. The van der Waals surface area contributed by atoms with Gasteiger partial charge in [0.25, 0.3) is 0 Å². The maximum Gasteiger partial charge on any atom is 0.141 e. The van der Waals surface area contributed by atoms with Crippen LogP contribution >= 0.6 is 23.7 Å². The summed E-state index contributed by atoms with van der Waals surface area (Å²) in [5, 5.41) is 5.86. The lowest BCUT2D eigenvalue weighted by Crippen LogP contribution is -2.44. The highest BCUT2D eigenvalue weighted by molar-refractivity contribution is 8.16. The number of hydrogen-bond acceptors (Lipinski definition) is 5. The van der Waals surface area contributed by atoms with Crippen LogP contribution in [-0.2, 0) is 0 Å². The fraction of sp³-hybridized carbons (Fsp3) is 0.600. The van der Waals surface area contributed by atoms with Crippen LogP contribution in [0.15, 0.2) is 23.1 Å². The summed E-state index contributed by atoms with van der Waals surface area (Å²) in [6.07, 6.45) is 2.25. The summed E-state index contributed by atoms with van der Waals surface area (Å²) in [6.45, 7) is 9.62. The predicted octanol–water partition coefficient (Wildman–Crippen LogP) is 4.47. The normalized spacial score (nSPS) is 18.2. The largest absolute Gasteiger partial charge is 0.494 e. The molecular formula is C15H24N2OS2. The molecule has 112 valence electrons. The molecule has 0 radical (unpaired) electrons. The van der Waals surface area contributed by atoms with E-state index in [2.05, 4.69) is 50.8 Å². The van der Waals surface area contributed by atoms with Gasteiger partial charge in [0.2, 0.25) is 0 Å². The highest BCUT2D eigenvalue weighted by Crippen LogP contribution is 2.50. The second-order valence-corrected chi connectivity index (χ2v) is 8.07. The molecule has 0 amide bonds. The summed E-state index contributed by atoms with van der Waals surface area (Å²) in [5.74, 6) is 0.959. The summed E-state index contributed by atoms with van der Waals surface area (Å²) in [6, 6.07) is 6.37. The van der Waals surface area contributed by atoms with Gasteiger partial charge in [-0.05, 0) is 57.3 Å². The number of thioether (sulfide) groups is 1. The smallest absolute Gasteiger partial charge is 0.141 e. The van der Waals surface area contributed by atoms with Gasteiger partial charge < -0.3 is 9.64 Å². The number of hydrogen-bond donors (Lipinski definition) is 1.